The van der Waals surface area contributed by atoms with Gasteiger partial charge in [-0.25, -0.2) is 0 Å². The number of hydrogen-bond acceptors (Lipinski definition) is 3. The summed E-state index contributed by atoms with van der Waals surface area (Å²) in [5.74, 6) is -1.46. The van der Waals surface area contributed by atoms with Gasteiger partial charge < -0.3 is 14.6 Å². The molecule has 0 aliphatic rings. The van der Waals surface area contributed by atoms with Crippen LogP contribution in [0.3, 0.4) is 0 Å². The van der Waals surface area contributed by atoms with Crippen molar-refractivity contribution in [3.8, 4) is 0 Å². The van der Waals surface area contributed by atoms with E-state index in [1.807, 2.05) is 0 Å². The predicted octanol–water partition coefficient (Wildman–Crippen LogP) is 0.170. The van der Waals surface area contributed by atoms with Gasteiger partial charge in [-0.2, -0.15) is 0 Å². The molecular weight excluding hydrogens is 236 g/mol. The van der Waals surface area contributed by atoms with E-state index in [2.05, 4.69) is 0 Å². The van der Waals surface area contributed by atoms with Gasteiger partial charge in [-0.1, -0.05) is 6.07 Å². The van der Waals surface area contributed by atoms with Crippen LogP contribution in [0.2, 0.25) is 0 Å². The molecule has 0 aliphatic heterocycles. The lowest BCUT2D eigenvalue weighted by molar-refractivity contribution is -0.146. The zero-order valence-electron chi connectivity index (χ0n) is 10.4. The monoisotopic (exact) mass is 252 g/mol. The van der Waals surface area contributed by atoms with Crippen LogP contribution in [0.4, 0.5) is 0 Å². The first kappa shape index (κ1) is 14.0. The van der Waals surface area contributed by atoms with Gasteiger partial charge >= 0.3 is 5.97 Å². The molecule has 0 spiro atoms. The van der Waals surface area contributed by atoms with E-state index in [0.29, 0.717) is 0 Å². The van der Waals surface area contributed by atoms with E-state index in [4.69, 9.17) is 5.11 Å². The first-order valence-electron chi connectivity index (χ1n) is 5.58. The van der Waals surface area contributed by atoms with Gasteiger partial charge in [-0.15, -0.1) is 0 Å². The summed E-state index contributed by atoms with van der Waals surface area (Å²) in [4.78, 5) is 35.3. The van der Waals surface area contributed by atoms with Crippen molar-refractivity contribution in [3.63, 3.8) is 0 Å². The molecule has 1 aromatic heterocycles. The zero-order valence-corrected chi connectivity index (χ0v) is 10.4. The number of carbonyl (C=O) groups is 2. The van der Waals surface area contributed by atoms with Gasteiger partial charge in [0.15, 0.2) is 0 Å². The van der Waals surface area contributed by atoms with Crippen LogP contribution in [-0.4, -0.2) is 39.0 Å². The van der Waals surface area contributed by atoms with Crippen molar-refractivity contribution in [1.82, 2.24) is 9.47 Å². The van der Waals surface area contributed by atoms with Crippen LogP contribution in [0.25, 0.3) is 0 Å². The fraction of sp³-hybridized carbons (Fsp3) is 0.417. The quantitative estimate of drug-likeness (QED) is 0.810. The minimum Gasteiger partial charge on any atom is -0.480 e. The molecule has 0 saturated carbocycles. The topological polar surface area (TPSA) is 79.6 Å². The van der Waals surface area contributed by atoms with Crippen molar-refractivity contribution in [3.05, 3.63) is 34.7 Å². The number of rotatable bonds is 5. The highest BCUT2D eigenvalue weighted by Crippen LogP contribution is 2.00. The highest BCUT2D eigenvalue weighted by Gasteiger charge is 2.20. The third kappa shape index (κ3) is 3.73. The Bertz CT molecular complexity index is 493. The molecule has 98 valence electrons. The minimum absolute atomic E-state index is 0.148. The first-order valence-corrected chi connectivity index (χ1v) is 5.58. The molecule has 0 aliphatic carbocycles. The maximum atomic E-state index is 11.9. The van der Waals surface area contributed by atoms with Crippen molar-refractivity contribution in [2.45, 2.75) is 26.4 Å². The number of pyridine rings is 1. The summed E-state index contributed by atoms with van der Waals surface area (Å²) < 4.78 is 1.25. The van der Waals surface area contributed by atoms with Gasteiger partial charge in [0, 0.05) is 18.3 Å². The third-order valence-corrected chi connectivity index (χ3v) is 2.45. The van der Waals surface area contributed by atoms with E-state index in [1.54, 1.807) is 26.0 Å². The molecule has 1 amide bonds. The van der Waals surface area contributed by atoms with Gasteiger partial charge in [0.2, 0.25) is 5.91 Å². The summed E-state index contributed by atoms with van der Waals surface area (Å²) >= 11 is 0. The van der Waals surface area contributed by atoms with E-state index in [0.717, 1.165) is 0 Å². The average Bonchev–Trinajstić information content (AvgIpc) is 2.28. The van der Waals surface area contributed by atoms with Crippen molar-refractivity contribution < 1.29 is 14.7 Å². The molecule has 0 saturated heterocycles. The number of carboxylic acids is 1. The first-order chi connectivity index (χ1) is 8.41. The maximum absolute atomic E-state index is 11.9. The minimum atomic E-state index is -1.07. The van der Waals surface area contributed by atoms with Crippen LogP contribution >= 0.6 is 0 Å². The number of aromatic nitrogens is 1. The van der Waals surface area contributed by atoms with E-state index >= 15 is 0 Å². The number of amides is 1. The molecule has 0 fully saturated rings. The van der Waals surface area contributed by atoms with Crippen LogP contribution < -0.4 is 5.56 Å². The predicted molar refractivity (Wildman–Crippen MR) is 65.2 cm³/mol. The highest BCUT2D eigenvalue weighted by molar-refractivity contribution is 5.81. The molecule has 6 nitrogen and oxygen atoms in total. The molecule has 1 rings (SSSR count). The molecule has 1 aromatic rings. The summed E-state index contributed by atoms with van der Waals surface area (Å²) in [6.07, 6.45) is 1.50. The van der Waals surface area contributed by atoms with Gasteiger partial charge in [0.25, 0.3) is 5.56 Å². The number of carbonyl (C=O) groups excluding carboxylic acids is 1. The SMILES string of the molecule is CC(C)N(CC(=O)O)C(=O)Cn1ccccc1=O. The number of nitrogens with zero attached hydrogens (tertiary/aromatic N) is 2. The van der Waals surface area contributed by atoms with Crippen LogP contribution in [0.5, 0.6) is 0 Å². The van der Waals surface area contributed by atoms with E-state index in [1.165, 1.54) is 21.7 Å². The van der Waals surface area contributed by atoms with Crippen LogP contribution in [0.15, 0.2) is 29.2 Å². The second kappa shape index (κ2) is 6.00. The van der Waals surface area contributed by atoms with E-state index in [-0.39, 0.29) is 30.6 Å². The molecule has 0 unspecified atom stereocenters. The molecule has 0 aromatic carbocycles. The summed E-state index contributed by atoms with van der Waals surface area (Å²) in [6.45, 7) is 2.95. The number of hydrogen-bond donors (Lipinski definition) is 1. The molecular formula is C12H16N2O4. The summed E-state index contributed by atoms with van der Waals surface area (Å²) in [6, 6.07) is 4.35. The fourth-order valence-electron chi connectivity index (χ4n) is 1.53. The van der Waals surface area contributed by atoms with Gasteiger partial charge in [0.05, 0.1) is 0 Å². The Kier molecular flexibility index (Phi) is 4.65. The molecule has 0 atom stereocenters. The molecule has 18 heavy (non-hydrogen) atoms. The standard InChI is InChI=1S/C12H16N2O4/c1-9(2)14(8-12(17)18)11(16)7-13-6-4-3-5-10(13)15/h3-6,9H,7-8H2,1-2H3,(H,17,18). The Morgan fingerprint density at radius 2 is 2.06 bits per heavy atom. The average molecular weight is 252 g/mol. The third-order valence-electron chi connectivity index (χ3n) is 2.45. The van der Waals surface area contributed by atoms with Crippen LogP contribution in [0, 0.1) is 0 Å². The normalized spacial score (nSPS) is 10.4. The smallest absolute Gasteiger partial charge is 0.323 e. The second-order valence-electron chi connectivity index (χ2n) is 4.18. The van der Waals surface area contributed by atoms with Crippen LogP contribution in [0.1, 0.15) is 13.8 Å². The molecule has 1 heterocycles. The lowest BCUT2D eigenvalue weighted by Gasteiger charge is -2.25. The largest absolute Gasteiger partial charge is 0.480 e. The highest BCUT2D eigenvalue weighted by atomic mass is 16.4. The van der Waals surface area contributed by atoms with E-state index in [9.17, 15) is 14.4 Å². The van der Waals surface area contributed by atoms with Crippen molar-refractivity contribution in [2.24, 2.45) is 0 Å². The molecule has 0 radical (unpaired) electrons. The fourth-order valence-corrected chi connectivity index (χ4v) is 1.53. The van der Waals surface area contributed by atoms with Crippen molar-refractivity contribution >= 4 is 11.9 Å². The number of carboxylic acid groups (broad SMARTS) is 1. The van der Waals surface area contributed by atoms with Gasteiger partial charge in [-0.05, 0) is 19.9 Å². The van der Waals surface area contributed by atoms with Crippen LogP contribution in [-0.2, 0) is 16.1 Å². The Morgan fingerprint density at radius 1 is 1.39 bits per heavy atom. The Morgan fingerprint density at radius 3 is 2.56 bits per heavy atom. The summed E-state index contributed by atoms with van der Waals surface area (Å²) in [5, 5.41) is 8.74. The van der Waals surface area contributed by atoms with Gasteiger partial charge in [0.1, 0.15) is 13.1 Å². The van der Waals surface area contributed by atoms with Crippen molar-refractivity contribution in [2.75, 3.05) is 6.54 Å². The number of aliphatic carboxylic acids is 1. The Balaban J connectivity index is 2.82. The Labute approximate surface area is 104 Å². The second-order valence-corrected chi connectivity index (χ2v) is 4.18. The van der Waals surface area contributed by atoms with Gasteiger partial charge in [-0.3, -0.25) is 14.4 Å². The zero-order chi connectivity index (χ0) is 13.7. The van der Waals surface area contributed by atoms with E-state index < -0.39 is 5.97 Å². The molecule has 0 bridgehead atoms. The maximum Gasteiger partial charge on any atom is 0.323 e. The van der Waals surface area contributed by atoms with Crippen molar-refractivity contribution in [1.29, 1.82) is 0 Å². The molecule has 1 N–H and O–H groups in total. The summed E-state index contributed by atoms with van der Waals surface area (Å²) in [7, 11) is 0. The molecule has 6 heteroatoms. The Hall–Kier alpha value is -2.11. The lowest BCUT2D eigenvalue weighted by Crippen LogP contribution is -2.43. The lowest BCUT2D eigenvalue weighted by atomic mass is 10.3. The summed E-state index contributed by atoms with van der Waals surface area (Å²) in [5.41, 5.74) is -0.287.